The molecular weight excluding hydrogens is 386 g/mol. The van der Waals surface area contributed by atoms with Crippen LogP contribution in [0, 0.1) is 13.8 Å². The Balaban J connectivity index is 1.47. The Morgan fingerprint density at radius 2 is 2.00 bits per heavy atom. The quantitative estimate of drug-likeness (QED) is 0.601. The van der Waals surface area contributed by atoms with Crippen LogP contribution in [0.1, 0.15) is 35.3 Å². The number of amides is 1. The predicted octanol–water partition coefficient (Wildman–Crippen LogP) is 3.79. The van der Waals surface area contributed by atoms with E-state index in [9.17, 15) is 9.59 Å². The van der Waals surface area contributed by atoms with Gasteiger partial charge >= 0.3 is 5.97 Å². The van der Waals surface area contributed by atoms with Gasteiger partial charge in [0.05, 0.1) is 23.9 Å². The van der Waals surface area contributed by atoms with Crippen molar-refractivity contribution in [3.63, 3.8) is 0 Å². The topological polar surface area (TPSA) is 81.2 Å². The molecular formula is C22H23N3O3S. The van der Waals surface area contributed by atoms with Crippen LogP contribution in [0.5, 0.6) is 0 Å². The number of carbonyl (C=O) groups excluding carboxylic acids is 2. The van der Waals surface area contributed by atoms with E-state index >= 15 is 0 Å². The SMILES string of the molecule is Cc1ccc(C(C)NC(=O)COC(=O)Cc2csc(-c3ccccn3)n2)cc1C. The Morgan fingerprint density at radius 3 is 2.72 bits per heavy atom. The molecule has 2 aromatic heterocycles. The van der Waals surface area contributed by atoms with Crippen LogP contribution in [-0.2, 0) is 20.7 Å². The van der Waals surface area contributed by atoms with Gasteiger partial charge in [-0.3, -0.25) is 14.6 Å². The highest BCUT2D eigenvalue weighted by atomic mass is 32.1. The normalized spacial score (nSPS) is 11.7. The number of thiazole rings is 1. The van der Waals surface area contributed by atoms with Crippen molar-refractivity contribution in [2.45, 2.75) is 33.2 Å². The average molecular weight is 410 g/mol. The lowest BCUT2D eigenvalue weighted by molar-refractivity contribution is -0.148. The number of ether oxygens (including phenoxy) is 1. The van der Waals surface area contributed by atoms with Gasteiger partial charge in [-0.05, 0) is 49.6 Å². The number of hydrogen-bond acceptors (Lipinski definition) is 6. The number of esters is 1. The molecule has 1 aromatic carbocycles. The maximum absolute atomic E-state index is 12.1. The van der Waals surface area contributed by atoms with Crippen molar-refractivity contribution in [1.29, 1.82) is 0 Å². The number of rotatable bonds is 7. The highest BCUT2D eigenvalue weighted by Gasteiger charge is 2.14. The molecule has 0 aliphatic heterocycles. The molecule has 3 aromatic rings. The molecule has 0 spiro atoms. The lowest BCUT2D eigenvalue weighted by Crippen LogP contribution is -2.31. The number of nitrogens with one attached hydrogen (secondary N) is 1. The molecule has 0 aliphatic carbocycles. The van der Waals surface area contributed by atoms with Gasteiger partial charge in [-0.2, -0.15) is 0 Å². The van der Waals surface area contributed by atoms with Crippen molar-refractivity contribution in [2.24, 2.45) is 0 Å². The van der Waals surface area contributed by atoms with E-state index in [4.69, 9.17) is 4.74 Å². The Kier molecular flexibility index (Phi) is 6.72. The Morgan fingerprint density at radius 1 is 1.17 bits per heavy atom. The van der Waals surface area contributed by atoms with E-state index in [1.165, 1.54) is 22.5 Å². The third kappa shape index (κ3) is 5.71. The summed E-state index contributed by atoms with van der Waals surface area (Å²) < 4.78 is 5.10. The first-order chi connectivity index (χ1) is 13.9. The molecule has 29 heavy (non-hydrogen) atoms. The van der Waals surface area contributed by atoms with Crippen molar-refractivity contribution < 1.29 is 14.3 Å². The molecule has 0 aliphatic rings. The first-order valence-electron chi connectivity index (χ1n) is 9.30. The summed E-state index contributed by atoms with van der Waals surface area (Å²) in [6, 6.07) is 11.5. The largest absolute Gasteiger partial charge is 0.455 e. The third-order valence-electron chi connectivity index (χ3n) is 4.53. The smallest absolute Gasteiger partial charge is 0.312 e. The molecule has 1 N–H and O–H groups in total. The van der Waals surface area contributed by atoms with E-state index in [2.05, 4.69) is 15.3 Å². The van der Waals surface area contributed by atoms with Crippen molar-refractivity contribution in [3.8, 4) is 10.7 Å². The molecule has 3 rings (SSSR count). The molecule has 0 fully saturated rings. The molecule has 2 heterocycles. The van der Waals surface area contributed by atoms with Crippen LogP contribution in [-0.4, -0.2) is 28.5 Å². The van der Waals surface area contributed by atoms with Gasteiger partial charge in [0, 0.05) is 11.6 Å². The second-order valence-electron chi connectivity index (χ2n) is 6.83. The summed E-state index contributed by atoms with van der Waals surface area (Å²) in [5.41, 5.74) is 4.75. The summed E-state index contributed by atoms with van der Waals surface area (Å²) in [5.74, 6) is -0.826. The number of nitrogens with zero attached hydrogens (tertiary/aromatic N) is 2. The predicted molar refractivity (Wildman–Crippen MR) is 112 cm³/mol. The fraction of sp³-hybridized carbons (Fsp3) is 0.273. The molecule has 150 valence electrons. The Labute approximate surface area is 174 Å². The fourth-order valence-corrected chi connectivity index (χ4v) is 3.54. The molecule has 0 bridgehead atoms. The van der Waals surface area contributed by atoms with Gasteiger partial charge in [0.2, 0.25) is 0 Å². The first kappa shape index (κ1) is 20.7. The van der Waals surface area contributed by atoms with Crippen LogP contribution in [0.25, 0.3) is 10.7 Å². The molecule has 6 nitrogen and oxygen atoms in total. The van der Waals surface area contributed by atoms with Crippen LogP contribution in [0.15, 0.2) is 48.0 Å². The van der Waals surface area contributed by atoms with Crippen molar-refractivity contribution in [2.75, 3.05) is 6.61 Å². The van der Waals surface area contributed by atoms with Crippen LogP contribution in [0.4, 0.5) is 0 Å². The second-order valence-corrected chi connectivity index (χ2v) is 7.69. The van der Waals surface area contributed by atoms with Crippen LogP contribution in [0.3, 0.4) is 0 Å². The summed E-state index contributed by atoms with van der Waals surface area (Å²) in [6.45, 7) is 5.67. The first-order valence-corrected chi connectivity index (χ1v) is 10.2. The molecule has 0 saturated carbocycles. The van der Waals surface area contributed by atoms with Gasteiger partial charge in [0.1, 0.15) is 5.01 Å². The zero-order valence-electron chi connectivity index (χ0n) is 16.6. The van der Waals surface area contributed by atoms with E-state index in [1.807, 2.05) is 57.2 Å². The van der Waals surface area contributed by atoms with Gasteiger partial charge in [-0.1, -0.05) is 24.3 Å². The lowest BCUT2D eigenvalue weighted by Gasteiger charge is -2.15. The lowest BCUT2D eigenvalue weighted by atomic mass is 10.0. The van der Waals surface area contributed by atoms with E-state index in [0.717, 1.165) is 16.3 Å². The van der Waals surface area contributed by atoms with Gasteiger partial charge in [0.25, 0.3) is 5.91 Å². The molecule has 1 atom stereocenters. The van der Waals surface area contributed by atoms with Crippen molar-refractivity contribution in [1.82, 2.24) is 15.3 Å². The van der Waals surface area contributed by atoms with Gasteiger partial charge < -0.3 is 10.1 Å². The molecule has 0 radical (unpaired) electrons. The minimum Gasteiger partial charge on any atom is -0.455 e. The molecule has 1 amide bonds. The summed E-state index contributed by atoms with van der Waals surface area (Å²) in [6.07, 6.45) is 1.71. The minimum absolute atomic E-state index is 0.0172. The Bertz CT molecular complexity index is 1000. The van der Waals surface area contributed by atoms with Crippen molar-refractivity contribution >= 4 is 23.2 Å². The summed E-state index contributed by atoms with van der Waals surface area (Å²) in [4.78, 5) is 32.8. The summed E-state index contributed by atoms with van der Waals surface area (Å²) >= 11 is 1.42. The van der Waals surface area contributed by atoms with E-state index in [-0.39, 0.29) is 25.0 Å². The number of carbonyl (C=O) groups is 2. The minimum atomic E-state index is -0.489. The zero-order chi connectivity index (χ0) is 20.8. The van der Waals surface area contributed by atoms with Gasteiger partial charge in [0.15, 0.2) is 6.61 Å². The monoisotopic (exact) mass is 409 g/mol. The van der Waals surface area contributed by atoms with Crippen LogP contribution >= 0.6 is 11.3 Å². The maximum atomic E-state index is 12.1. The number of aryl methyl sites for hydroxylation is 2. The summed E-state index contributed by atoms with van der Waals surface area (Å²) in [7, 11) is 0. The Hall–Kier alpha value is -3.06. The standard InChI is InChI=1S/C22H23N3O3S/c1-14-7-8-17(10-15(14)2)16(3)24-20(26)12-28-21(27)11-18-13-29-22(25-18)19-6-4-5-9-23-19/h4-10,13,16H,11-12H2,1-3H3,(H,24,26). The van der Waals surface area contributed by atoms with Crippen LogP contribution < -0.4 is 5.32 Å². The fourth-order valence-electron chi connectivity index (χ4n) is 2.74. The zero-order valence-corrected chi connectivity index (χ0v) is 17.5. The second kappa shape index (κ2) is 9.43. The molecule has 0 saturated heterocycles. The maximum Gasteiger partial charge on any atom is 0.312 e. The van der Waals surface area contributed by atoms with Crippen LogP contribution in [0.2, 0.25) is 0 Å². The van der Waals surface area contributed by atoms with E-state index < -0.39 is 5.97 Å². The highest BCUT2D eigenvalue weighted by Crippen LogP contribution is 2.21. The number of pyridine rings is 1. The third-order valence-corrected chi connectivity index (χ3v) is 5.45. The highest BCUT2D eigenvalue weighted by molar-refractivity contribution is 7.13. The van der Waals surface area contributed by atoms with Gasteiger partial charge in [-0.15, -0.1) is 11.3 Å². The van der Waals surface area contributed by atoms with E-state index in [1.54, 1.807) is 11.6 Å². The van der Waals surface area contributed by atoms with Gasteiger partial charge in [-0.25, -0.2) is 4.98 Å². The summed E-state index contributed by atoms with van der Waals surface area (Å²) in [5, 5.41) is 5.39. The number of hydrogen-bond donors (Lipinski definition) is 1. The number of aromatic nitrogens is 2. The molecule has 7 heteroatoms. The van der Waals surface area contributed by atoms with E-state index in [0.29, 0.717) is 5.69 Å². The molecule has 1 unspecified atom stereocenters. The average Bonchev–Trinajstić information content (AvgIpc) is 3.17. The van der Waals surface area contributed by atoms with Crippen molar-refractivity contribution in [3.05, 3.63) is 70.4 Å². The number of benzene rings is 1.